The Morgan fingerprint density at radius 3 is 2.69 bits per heavy atom. The maximum absolute atomic E-state index is 5.93. The normalized spacial score (nSPS) is 30.9. The molecule has 0 aromatic rings. The van der Waals surface area contributed by atoms with E-state index in [1.54, 1.807) is 0 Å². The molecule has 1 saturated heterocycles. The van der Waals surface area contributed by atoms with Crippen LogP contribution in [0.2, 0.25) is 0 Å². The quantitative estimate of drug-likeness (QED) is 0.722. The standard InChI is InChI=1S/C11H21NO/c1-3-10(4-1)9-13-11-5-2-7-12-8-6-11/h10-12H,1-9H2. The highest BCUT2D eigenvalue weighted by atomic mass is 16.5. The van der Waals surface area contributed by atoms with Gasteiger partial charge in [0.25, 0.3) is 0 Å². The molecule has 0 amide bonds. The molecule has 0 radical (unpaired) electrons. The fourth-order valence-corrected chi connectivity index (χ4v) is 2.09. The summed E-state index contributed by atoms with van der Waals surface area (Å²) in [5.74, 6) is 0.899. The van der Waals surface area contributed by atoms with Crippen molar-refractivity contribution in [1.82, 2.24) is 5.32 Å². The van der Waals surface area contributed by atoms with Gasteiger partial charge in [0.15, 0.2) is 0 Å². The van der Waals surface area contributed by atoms with Gasteiger partial charge in [-0.1, -0.05) is 6.42 Å². The van der Waals surface area contributed by atoms with E-state index in [2.05, 4.69) is 5.32 Å². The maximum Gasteiger partial charge on any atom is 0.0587 e. The molecule has 76 valence electrons. The van der Waals surface area contributed by atoms with Gasteiger partial charge in [-0.3, -0.25) is 0 Å². The predicted molar refractivity (Wildman–Crippen MR) is 53.8 cm³/mol. The molecule has 0 aromatic carbocycles. The molecule has 0 spiro atoms. The Labute approximate surface area is 81.0 Å². The van der Waals surface area contributed by atoms with Crippen LogP contribution in [0.25, 0.3) is 0 Å². The molecule has 0 bridgehead atoms. The lowest BCUT2D eigenvalue weighted by atomic mass is 9.86. The largest absolute Gasteiger partial charge is 0.378 e. The van der Waals surface area contributed by atoms with Gasteiger partial charge in [-0.15, -0.1) is 0 Å². The molecule has 1 aliphatic carbocycles. The number of ether oxygens (including phenoxy) is 1. The van der Waals surface area contributed by atoms with Crippen molar-refractivity contribution in [2.45, 2.75) is 44.6 Å². The van der Waals surface area contributed by atoms with Crippen molar-refractivity contribution in [1.29, 1.82) is 0 Å². The monoisotopic (exact) mass is 183 g/mol. The zero-order chi connectivity index (χ0) is 8.93. The molecule has 2 fully saturated rings. The van der Waals surface area contributed by atoms with Crippen LogP contribution in [0, 0.1) is 5.92 Å². The van der Waals surface area contributed by atoms with Crippen molar-refractivity contribution in [3.8, 4) is 0 Å². The summed E-state index contributed by atoms with van der Waals surface area (Å²) in [5.41, 5.74) is 0. The molecule has 2 heteroatoms. The molecule has 2 aliphatic rings. The summed E-state index contributed by atoms with van der Waals surface area (Å²) in [5, 5.41) is 3.41. The smallest absolute Gasteiger partial charge is 0.0587 e. The molecular weight excluding hydrogens is 162 g/mol. The summed E-state index contributed by atoms with van der Waals surface area (Å²) in [6, 6.07) is 0. The number of rotatable bonds is 3. The lowest BCUT2D eigenvalue weighted by molar-refractivity contribution is 0.00504. The zero-order valence-electron chi connectivity index (χ0n) is 8.43. The summed E-state index contributed by atoms with van der Waals surface area (Å²) in [4.78, 5) is 0. The van der Waals surface area contributed by atoms with E-state index in [4.69, 9.17) is 4.74 Å². The number of nitrogens with one attached hydrogen (secondary N) is 1. The first-order valence-electron chi connectivity index (χ1n) is 5.77. The van der Waals surface area contributed by atoms with Gasteiger partial charge in [0.1, 0.15) is 0 Å². The molecule has 1 atom stereocenters. The van der Waals surface area contributed by atoms with E-state index in [1.807, 2.05) is 0 Å². The van der Waals surface area contributed by atoms with Gasteiger partial charge in [0.2, 0.25) is 0 Å². The van der Waals surface area contributed by atoms with E-state index >= 15 is 0 Å². The van der Waals surface area contributed by atoms with Crippen LogP contribution in [0.15, 0.2) is 0 Å². The van der Waals surface area contributed by atoms with Gasteiger partial charge in [0.05, 0.1) is 6.10 Å². The van der Waals surface area contributed by atoms with Crippen LogP contribution in [0.5, 0.6) is 0 Å². The van der Waals surface area contributed by atoms with Crippen molar-refractivity contribution in [2.24, 2.45) is 5.92 Å². The summed E-state index contributed by atoms with van der Waals surface area (Å²) in [6.07, 6.45) is 8.56. The summed E-state index contributed by atoms with van der Waals surface area (Å²) in [7, 11) is 0. The summed E-state index contributed by atoms with van der Waals surface area (Å²) >= 11 is 0. The van der Waals surface area contributed by atoms with Gasteiger partial charge in [-0.05, 0) is 51.1 Å². The van der Waals surface area contributed by atoms with Crippen LogP contribution < -0.4 is 5.32 Å². The summed E-state index contributed by atoms with van der Waals surface area (Å²) < 4.78 is 5.93. The lowest BCUT2D eigenvalue weighted by Crippen LogP contribution is -2.23. The Kier molecular flexibility index (Phi) is 3.62. The minimum Gasteiger partial charge on any atom is -0.378 e. The zero-order valence-corrected chi connectivity index (χ0v) is 8.43. The van der Waals surface area contributed by atoms with E-state index in [0.29, 0.717) is 6.10 Å². The Morgan fingerprint density at radius 1 is 1.00 bits per heavy atom. The molecule has 0 aromatic heterocycles. The van der Waals surface area contributed by atoms with Crippen molar-refractivity contribution >= 4 is 0 Å². The van der Waals surface area contributed by atoms with E-state index < -0.39 is 0 Å². The van der Waals surface area contributed by atoms with Crippen molar-refractivity contribution in [3.05, 3.63) is 0 Å². The van der Waals surface area contributed by atoms with Gasteiger partial charge < -0.3 is 10.1 Å². The molecule has 13 heavy (non-hydrogen) atoms. The average Bonchev–Trinajstić information content (AvgIpc) is 2.30. The van der Waals surface area contributed by atoms with Crippen LogP contribution in [0.3, 0.4) is 0 Å². The highest BCUT2D eigenvalue weighted by molar-refractivity contribution is 4.71. The van der Waals surface area contributed by atoms with Crippen LogP contribution in [0.1, 0.15) is 38.5 Å². The second kappa shape index (κ2) is 4.97. The molecule has 1 N–H and O–H groups in total. The molecule has 1 heterocycles. The van der Waals surface area contributed by atoms with Gasteiger partial charge >= 0.3 is 0 Å². The number of hydrogen-bond donors (Lipinski definition) is 1. The van der Waals surface area contributed by atoms with Crippen molar-refractivity contribution in [2.75, 3.05) is 19.7 Å². The Morgan fingerprint density at radius 2 is 1.92 bits per heavy atom. The minimum atomic E-state index is 0.551. The topological polar surface area (TPSA) is 21.3 Å². The van der Waals surface area contributed by atoms with Crippen LogP contribution >= 0.6 is 0 Å². The molecule has 2 rings (SSSR count). The van der Waals surface area contributed by atoms with E-state index in [9.17, 15) is 0 Å². The third kappa shape index (κ3) is 2.96. The predicted octanol–water partition coefficient (Wildman–Crippen LogP) is 1.95. The van der Waals surface area contributed by atoms with Crippen LogP contribution in [0.4, 0.5) is 0 Å². The first-order chi connectivity index (χ1) is 6.45. The van der Waals surface area contributed by atoms with Crippen LogP contribution in [-0.4, -0.2) is 25.8 Å². The highest BCUT2D eigenvalue weighted by Gasteiger charge is 2.20. The van der Waals surface area contributed by atoms with Gasteiger partial charge in [-0.25, -0.2) is 0 Å². The maximum atomic E-state index is 5.93. The highest BCUT2D eigenvalue weighted by Crippen LogP contribution is 2.27. The minimum absolute atomic E-state index is 0.551. The van der Waals surface area contributed by atoms with Gasteiger partial charge in [-0.2, -0.15) is 0 Å². The van der Waals surface area contributed by atoms with E-state index in [0.717, 1.165) is 19.1 Å². The Bertz CT molecular complexity index is 137. The first-order valence-corrected chi connectivity index (χ1v) is 5.77. The molecule has 1 unspecified atom stereocenters. The van der Waals surface area contributed by atoms with Crippen molar-refractivity contribution in [3.63, 3.8) is 0 Å². The second-order valence-electron chi connectivity index (χ2n) is 4.43. The molecule has 1 saturated carbocycles. The average molecular weight is 183 g/mol. The lowest BCUT2D eigenvalue weighted by Gasteiger charge is -2.27. The third-order valence-electron chi connectivity index (χ3n) is 3.32. The van der Waals surface area contributed by atoms with E-state index in [1.165, 1.54) is 45.1 Å². The van der Waals surface area contributed by atoms with Crippen molar-refractivity contribution < 1.29 is 4.74 Å². The fraction of sp³-hybridized carbons (Fsp3) is 1.00. The fourth-order valence-electron chi connectivity index (χ4n) is 2.09. The van der Waals surface area contributed by atoms with Crippen LogP contribution in [-0.2, 0) is 4.74 Å². The molecule has 2 nitrogen and oxygen atoms in total. The third-order valence-corrected chi connectivity index (χ3v) is 3.32. The van der Waals surface area contributed by atoms with Gasteiger partial charge in [0, 0.05) is 6.61 Å². The van der Waals surface area contributed by atoms with E-state index in [-0.39, 0.29) is 0 Å². The molecule has 1 aliphatic heterocycles. The number of hydrogen-bond acceptors (Lipinski definition) is 2. The Hall–Kier alpha value is -0.0800. The summed E-state index contributed by atoms with van der Waals surface area (Å²) in [6.45, 7) is 3.36. The first kappa shape index (κ1) is 9.47. The molecular formula is C11H21NO. The Balaban J connectivity index is 1.61. The second-order valence-corrected chi connectivity index (χ2v) is 4.43. The SMILES string of the molecule is C1CC(COC2CCCNCC2)C1.